The molecule has 0 fully saturated rings. The van der Waals surface area contributed by atoms with Crippen molar-refractivity contribution in [2.75, 3.05) is 0 Å². The van der Waals surface area contributed by atoms with Gasteiger partial charge in [0.25, 0.3) is 0 Å². The van der Waals surface area contributed by atoms with Crippen molar-refractivity contribution in [1.82, 2.24) is 0 Å². The molecule has 0 rings (SSSR count). The van der Waals surface area contributed by atoms with E-state index >= 15 is 0 Å². The molecule has 0 aromatic rings. The van der Waals surface area contributed by atoms with E-state index in [1.54, 1.807) is 0 Å². The van der Waals surface area contributed by atoms with Gasteiger partial charge >= 0.3 is 6.15 Å². The molecule has 0 saturated heterocycles. The molecule has 0 aromatic carbocycles. The Balaban J connectivity index is 0. The van der Waals surface area contributed by atoms with Crippen LogP contribution < -0.4 is 0 Å². The van der Waals surface area contributed by atoms with Gasteiger partial charge in [-0.1, -0.05) is 6.92 Å². The molecule has 0 saturated carbocycles. The highest BCUT2D eigenvalue weighted by atomic mass is 16.2. The van der Waals surface area contributed by atoms with Gasteiger partial charge in [-0.2, -0.15) is 9.59 Å². The molecule has 0 aromatic heterocycles. The summed E-state index contributed by atoms with van der Waals surface area (Å²) >= 11 is 0. The lowest BCUT2D eigenvalue weighted by molar-refractivity contribution is -0.191. The fourth-order valence-corrected chi connectivity index (χ4v) is 0.177. The lowest BCUT2D eigenvalue weighted by atomic mass is 10.5. The highest BCUT2D eigenvalue weighted by Crippen LogP contribution is 1.62. The minimum absolute atomic E-state index is 0.250. The molecule has 0 aliphatic carbocycles. The van der Waals surface area contributed by atoms with Crippen LogP contribution in [-0.2, 0) is 9.59 Å². The van der Waals surface area contributed by atoms with Crippen LogP contribution in [0.1, 0.15) is 20.3 Å². The van der Waals surface area contributed by atoms with E-state index in [0.29, 0.717) is 0 Å². The predicted octanol–water partition coefficient (Wildman–Crippen LogP) is 0.836. The van der Waals surface area contributed by atoms with Crippen LogP contribution in [0.5, 0.6) is 0 Å². The van der Waals surface area contributed by atoms with Crippen LogP contribution in [0, 0.1) is 11.8 Å². The van der Waals surface area contributed by atoms with E-state index in [1.165, 1.54) is 0 Å². The quantitative estimate of drug-likeness (QED) is 0.435. The normalized spacial score (nSPS) is 4.25. The Kier molecular flexibility index (Phi) is 21.0. The van der Waals surface area contributed by atoms with E-state index in [1.807, 2.05) is 13.8 Å². The molecule has 2 heteroatoms. The predicted molar refractivity (Wildman–Crippen MR) is 28.7 cm³/mol. The summed E-state index contributed by atoms with van der Waals surface area (Å²) < 4.78 is 0. The van der Waals surface area contributed by atoms with Crippen LogP contribution in [0.25, 0.3) is 0 Å². The van der Waals surface area contributed by atoms with E-state index in [4.69, 9.17) is 9.59 Å². The van der Waals surface area contributed by atoms with Crippen molar-refractivity contribution in [1.29, 1.82) is 0 Å². The van der Waals surface area contributed by atoms with Crippen LogP contribution in [-0.4, -0.2) is 6.15 Å². The smallest absolute Gasteiger partial charge is 0.186 e. The summed E-state index contributed by atoms with van der Waals surface area (Å²) in [6, 6.07) is 0. The first-order valence-electron chi connectivity index (χ1n) is 2.22. The lowest BCUT2D eigenvalue weighted by Crippen LogP contribution is -1.45. The summed E-state index contributed by atoms with van der Waals surface area (Å²) in [6.45, 7) is 3.89. The van der Waals surface area contributed by atoms with Crippen molar-refractivity contribution in [2.24, 2.45) is 0 Å². The van der Waals surface area contributed by atoms with E-state index < -0.39 is 0 Å². The van der Waals surface area contributed by atoms with Crippen LogP contribution in [0.4, 0.5) is 0 Å². The zero-order chi connectivity index (χ0) is 6.83. The average molecular weight is 112 g/mol. The molecule has 0 aliphatic rings. The van der Waals surface area contributed by atoms with Crippen LogP contribution in [0.15, 0.2) is 0 Å². The van der Waals surface area contributed by atoms with Gasteiger partial charge in [0.1, 0.15) is 0 Å². The highest BCUT2D eigenvalue weighted by Gasteiger charge is 1.48. The monoisotopic (exact) mass is 112 g/mol. The third-order valence-corrected chi connectivity index (χ3v) is 0.354. The molecule has 44 valence electrons. The van der Waals surface area contributed by atoms with Gasteiger partial charge in [-0.3, -0.25) is 0 Å². The Morgan fingerprint density at radius 2 is 1.75 bits per heavy atom. The summed E-state index contributed by atoms with van der Waals surface area (Å²) in [7, 11) is 0. The molecule has 0 bridgehead atoms. The first kappa shape index (κ1) is 10.0. The summed E-state index contributed by atoms with van der Waals surface area (Å²) in [5.41, 5.74) is 0. The van der Waals surface area contributed by atoms with Crippen molar-refractivity contribution < 1.29 is 9.59 Å². The zero-order valence-corrected chi connectivity index (χ0v) is 5.02. The molecule has 0 N–H and O–H groups in total. The molecule has 0 amide bonds. The van der Waals surface area contributed by atoms with Gasteiger partial charge < -0.3 is 0 Å². The van der Waals surface area contributed by atoms with Gasteiger partial charge in [-0.25, -0.2) is 0 Å². The van der Waals surface area contributed by atoms with E-state index in [-0.39, 0.29) is 6.15 Å². The third kappa shape index (κ3) is 86.8. The van der Waals surface area contributed by atoms with Gasteiger partial charge in [0, 0.05) is 6.42 Å². The fraction of sp³-hybridized carbons (Fsp3) is 0.500. The molecule has 2 nitrogen and oxygen atoms in total. The first-order valence-corrected chi connectivity index (χ1v) is 2.22. The Bertz CT molecular complexity index is 110. The summed E-state index contributed by atoms with van der Waals surface area (Å²) in [6.07, 6.45) is 1.23. The second kappa shape index (κ2) is 16.8. The SMILES string of the molecule is CC#CCC.O=C=O. The lowest BCUT2D eigenvalue weighted by Gasteiger charge is -1.58. The molecular formula is C6H8O2. The minimum Gasteiger partial charge on any atom is -0.186 e. The molecule has 0 unspecified atom stereocenters. The Morgan fingerprint density at radius 1 is 1.38 bits per heavy atom. The molecular weight excluding hydrogens is 104 g/mol. The van der Waals surface area contributed by atoms with Gasteiger partial charge in [-0.05, 0) is 6.92 Å². The van der Waals surface area contributed by atoms with Crippen molar-refractivity contribution in [2.45, 2.75) is 20.3 Å². The van der Waals surface area contributed by atoms with Crippen molar-refractivity contribution in [3.63, 3.8) is 0 Å². The summed E-state index contributed by atoms with van der Waals surface area (Å²) in [4.78, 5) is 16.2. The van der Waals surface area contributed by atoms with Crippen molar-refractivity contribution in [3.8, 4) is 11.8 Å². The van der Waals surface area contributed by atoms with E-state index in [9.17, 15) is 0 Å². The second-order valence-corrected chi connectivity index (χ2v) is 0.864. The Labute approximate surface area is 48.9 Å². The maximum absolute atomic E-state index is 8.12. The maximum atomic E-state index is 8.12. The summed E-state index contributed by atoms with van der Waals surface area (Å²) in [5.74, 6) is 5.63. The minimum atomic E-state index is 0.250. The van der Waals surface area contributed by atoms with Gasteiger partial charge in [0.2, 0.25) is 0 Å². The number of hydrogen-bond donors (Lipinski definition) is 0. The van der Waals surface area contributed by atoms with E-state index in [0.717, 1.165) is 6.42 Å². The number of carbonyl (C=O) groups excluding carboxylic acids is 2. The topological polar surface area (TPSA) is 34.1 Å². The van der Waals surface area contributed by atoms with E-state index in [2.05, 4.69) is 11.8 Å². The Hall–Kier alpha value is -1.06. The van der Waals surface area contributed by atoms with Gasteiger partial charge in [0.05, 0.1) is 0 Å². The Morgan fingerprint density at radius 3 is 1.75 bits per heavy atom. The highest BCUT2D eigenvalue weighted by molar-refractivity contribution is 5.20. The van der Waals surface area contributed by atoms with Crippen LogP contribution in [0.3, 0.4) is 0 Å². The second-order valence-electron chi connectivity index (χ2n) is 0.864. The van der Waals surface area contributed by atoms with Crippen molar-refractivity contribution >= 4 is 6.15 Å². The first-order chi connectivity index (χ1) is 3.83. The summed E-state index contributed by atoms with van der Waals surface area (Å²) in [5, 5.41) is 0. The third-order valence-electron chi connectivity index (χ3n) is 0.354. The molecule has 0 aliphatic heterocycles. The average Bonchev–Trinajstić information content (AvgIpc) is 1.71. The fourth-order valence-electron chi connectivity index (χ4n) is 0.177. The van der Waals surface area contributed by atoms with Gasteiger partial charge in [0.15, 0.2) is 0 Å². The van der Waals surface area contributed by atoms with Crippen LogP contribution in [0.2, 0.25) is 0 Å². The number of hydrogen-bond acceptors (Lipinski definition) is 2. The maximum Gasteiger partial charge on any atom is 0.373 e. The zero-order valence-electron chi connectivity index (χ0n) is 5.02. The molecule has 0 radical (unpaired) electrons. The standard InChI is InChI=1S/C5H8.CO2/c1-3-5-4-2;2-1-3/h3H2,1-2H3;. The van der Waals surface area contributed by atoms with Gasteiger partial charge in [-0.15, -0.1) is 11.8 Å². The van der Waals surface area contributed by atoms with Crippen LogP contribution >= 0.6 is 0 Å². The number of rotatable bonds is 0. The largest absolute Gasteiger partial charge is 0.373 e. The van der Waals surface area contributed by atoms with Crippen molar-refractivity contribution in [3.05, 3.63) is 0 Å². The molecule has 0 spiro atoms. The molecule has 0 heterocycles. The molecule has 8 heavy (non-hydrogen) atoms. The molecule has 0 atom stereocenters.